The Morgan fingerprint density at radius 3 is 1.87 bits per heavy atom. The van der Waals surface area contributed by atoms with E-state index in [1.807, 2.05) is 78.9 Å². The zero-order valence-electron chi connectivity index (χ0n) is 16.1. The standard InChI is InChI=1S/C27H18ClNO/c28-21-14-9-15-22(18-21)29-27-24-17-8-7-16-23(24)26(30-27)25(19-10-3-1-4-11-19)20-12-5-2-6-13-20/h1-18H. The average Bonchev–Trinajstić information content (AvgIpc) is 3.14. The Balaban J connectivity index is 1.74. The van der Waals surface area contributed by atoms with Crippen molar-refractivity contribution >= 4 is 34.5 Å². The minimum atomic E-state index is 0.576. The zero-order chi connectivity index (χ0) is 20.3. The summed E-state index contributed by atoms with van der Waals surface area (Å²) in [4.78, 5) is 4.76. The van der Waals surface area contributed by atoms with E-state index < -0.39 is 0 Å². The van der Waals surface area contributed by atoms with Crippen LogP contribution in [-0.4, -0.2) is 5.90 Å². The summed E-state index contributed by atoms with van der Waals surface area (Å²) in [6, 6.07) is 36.3. The number of hydrogen-bond acceptors (Lipinski definition) is 2. The van der Waals surface area contributed by atoms with Gasteiger partial charge < -0.3 is 4.74 Å². The molecule has 3 heteroatoms. The molecule has 1 aliphatic heterocycles. The van der Waals surface area contributed by atoms with Gasteiger partial charge in [-0.2, -0.15) is 0 Å². The summed E-state index contributed by atoms with van der Waals surface area (Å²) in [5.74, 6) is 1.39. The van der Waals surface area contributed by atoms with Gasteiger partial charge in [0.2, 0.25) is 5.90 Å². The number of aliphatic imine (C=N–C) groups is 1. The number of nitrogens with zero attached hydrogens (tertiary/aromatic N) is 1. The third-order valence-electron chi connectivity index (χ3n) is 4.99. The molecule has 0 fully saturated rings. The Bertz CT molecular complexity index is 1220. The Labute approximate surface area is 180 Å². The molecule has 144 valence electrons. The van der Waals surface area contributed by atoms with Crippen LogP contribution in [0.25, 0.3) is 11.3 Å². The molecule has 30 heavy (non-hydrogen) atoms. The monoisotopic (exact) mass is 407 g/mol. The van der Waals surface area contributed by atoms with E-state index in [2.05, 4.69) is 30.3 Å². The fourth-order valence-electron chi connectivity index (χ4n) is 3.64. The second kappa shape index (κ2) is 8.02. The van der Waals surface area contributed by atoms with E-state index in [-0.39, 0.29) is 0 Å². The maximum atomic E-state index is 6.43. The highest BCUT2D eigenvalue weighted by Crippen LogP contribution is 2.39. The maximum absolute atomic E-state index is 6.43. The summed E-state index contributed by atoms with van der Waals surface area (Å²) < 4.78 is 6.43. The smallest absolute Gasteiger partial charge is 0.227 e. The topological polar surface area (TPSA) is 21.6 Å². The minimum Gasteiger partial charge on any atom is -0.437 e. The Morgan fingerprint density at radius 1 is 0.633 bits per heavy atom. The third-order valence-corrected chi connectivity index (χ3v) is 5.23. The Hall–Kier alpha value is -3.62. The van der Waals surface area contributed by atoms with Gasteiger partial charge in [0.1, 0.15) is 5.76 Å². The van der Waals surface area contributed by atoms with E-state index in [0.29, 0.717) is 10.9 Å². The van der Waals surface area contributed by atoms with Gasteiger partial charge in [0, 0.05) is 21.7 Å². The molecule has 5 rings (SSSR count). The number of ether oxygens (including phenoxy) is 1. The van der Waals surface area contributed by atoms with Crippen LogP contribution in [0.4, 0.5) is 5.69 Å². The lowest BCUT2D eigenvalue weighted by atomic mass is 9.94. The number of fused-ring (bicyclic) bond motifs is 1. The number of halogens is 1. The number of benzene rings is 4. The van der Waals surface area contributed by atoms with Crippen LogP contribution in [0.2, 0.25) is 5.02 Å². The van der Waals surface area contributed by atoms with Crippen molar-refractivity contribution in [3.8, 4) is 0 Å². The molecular formula is C27H18ClNO. The van der Waals surface area contributed by atoms with Crippen molar-refractivity contribution in [3.63, 3.8) is 0 Å². The van der Waals surface area contributed by atoms with E-state index in [4.69, 9.17) is 21.3 Å². The predicted octanol–water partition coefficient (Wildman–Crippen LogP) is 7.37. The molecule has 0 saturated heterocycles. The van der Waals surface area contributed by atoms with Gasteiger partial charge in [-0.05, 0) is 35.4 Å². The zero-order valence-corrected chi connectivity index (χ0v) is 16.9. The summed E-state index contributed by atoms with van der Waals surface area (Å²) >= 11 is 6.15. The summed E-state index contributed by atoms with van der Waals surface area (Å²) in [5, 5.41) is 0.646. The van der Waals surface area contributed by atoms with E-state index in [1.165, 1.54) is 0 Å². The lowest BCUT2D eigenvalue weighted by Gasteiger charge is -2.12. The Morgan fingerprint density at radius 2 is 1.23 bits per heavy atom. The molecule has 0 aliphatic carbocycles. The minimum absolute atomic E-state index is 0.576. The van der Waals surface area contributed by atoms with Crippen LogP contribution in [0.3, 0.4) is 0 Å². The third kappa shape index (κ3) is 3.54. The van der Waals surface area contributed by atoms with Crippen molar-refractivity contribution in [1.29, 1.82) is 0 Å². The van der Waals surface area contributed by atoms with Crippen molar-refractivity contribution in [2.75, 3.05) is 0 Å². The van der Waals surface area contributed by atoms with Crippen molar-refractivity contribution < 1.29 is 4.74 Å². The van der Waals surface area contributed by atoms with Crippen LogP contribution in [0.5, 0.6) is 0 Å². The highest BCUT2D eigenvalue weighted by molar-refractivity contribution is 6.30. The number of hydrogen-bond donors (Lipinski definition) is 0. The quantitative estimate of drug-likeness (QED) is 0.347. The molecule has 0 unspecified atom stereocenters. The van der Waals surface area contributed by atoms with E-state index in [9.17, 15) is 0 Å². The molecule has 1 aliphatic rings. The van der Waals surface area contributed by atoms with Crippen LogP contribution in [0.1, 0.15) is 22.3 Å². The fourth-order valence-corrected chi connectivity index (χ4v) is 3.83. The second-order valence-electron chi connectivity index (χ2n) is 6.98. The van der Waals surface area contributed by atoms with Gasteiger partial charge in [-0.25, -0.2) is 4.99 Å². The molecule has 0 N–H and O–H groups in total. The number of rotatable bonds is 3. The molecule has 4 aromatic rings. The van der Waals surface area contributed by atoms with Crippen LogP contribution in [0.15, 0.2) is 114 Å². The largest absolute Gasteiger partial charge is 0.437 e. The van der Waals surface area contributed by atoms with Gasteiger partial charge in [-0.15, -0.1) is 0 Å². The van der Waals surface area contributed by atoms with E-state index in [0.717, 1.165) is 39.3 Å². The molecule has 0 atom stereocenters. The molecule has 0 aromatic heterocycles. The summed E-state index contributed by atoms with van der Waals surface area (Å²) in [6.45, 7) is 0. The molecule has 0 spiro atoms. The van der Waals surface area contributed by atoms with Gasteiger partial charge in [-0.1, -0.05) is 96.5 Å². The molecular weight excluding hydrogens is 390 g/mol. The van der Waals surface area contributed by atoms with E-state index in [1.54, 1.807) is 0 Å². The molecule has 0 bridgehead atoms. The lowest BCUT2D eigenvalue weighted by Crippen LogP contribution is -1.97. The molecule has 0 amide bonds. The molecule has 0 radical (unpaired) electrons. The van der Waals surface area contributed by atoms with E-state index >= 15 is 0 Å². The van der Waals surface area contributed by atoms with Gasteiger partial charge in [0.15, 0.2) is 0 Å². The SMILES string of the molecule is Clc1cccc(N=C2OC(=C(c3ccccc3)c3ccccc3)c3ccccc32)c1. The van der Waals surface area contributed by atoms with Crippen molar-refractivity contribution in [2.24, 2.45) is 4.99 Å². The average molecular weight is 408 g/mol. The van der Waals surface area contributed by atoms with Crippen LogP contribution < -0.4 is 0 Å². The molecule has 1 heterocycles. The first kappa shape index (κ1) is 18.4. The van der Waals surface area contributed by atoms with Crippen LogP contribution >= 0.6 is 11.6 Å². The first-order valence-electron chi connectivity index (χ1n) is 9.76. The molecule has 4 aromatic carbocycles. The highest BCUT2D eigenvalue weighted by Gasteiger charge is 2.28. The molecule has 0 saturated carbocycles. The first-order valence-corrected chi connectivity index (χ1v) is 10.1. The van der Waals surface area contributed by atoms with Crippen LogP contribution in [0, 0.1) is 0 Å². The highest BCUT2D eigenvalue weighted by atomic mass is 35.5. The normalized spacial score (nSPS) is 13.8. The maximum Gasteiger partial charge on any atom is 0.227 e. The summed E-state index contributed by atoms with van der Waals surface area (Å²) in [5.41, 5.74) is 5.99. The fraction of sp³-hybridized carbons (Fsp3) is 0. The first-order chi connectivity index (χ1) is 14.8. The van der Waals surface area contributed by atoms with Gasteiger partial charge >= 0.3 is 0 Å². The second-order valence-corrected chi connectivity index (χ2v) is 7.42. The van der Waals surface area contributed by atoms with Crippen molar-refractivity contribution in [3.05, 3.63) is 136 Å². The Kier molecular flexibility index (Phi) is 4.92. The van der Waals surface area contributed by atoms with Crippen molar-refractivity contribution in [2.45, 2.75) is 0 Å². The lowest BCUT2D eigenvalue weighted by molar-refractivity contribution is 0.527. The summed E-state index contributed by atoms with van der Waals surface area (Å²) in [7, 11) is 0. The van der Waals surface area contributed by atoms with Gasteiger partial charge in [-0.3, -0.25) is 0 Å². The van der Waals surface area contributed by atoms with Crippen molar-refractivity contribution in [1.82, 2.24) is 0 Å². The predicted molar refractivity (Wildman–Crippen MR) is 124 cm³/mol. The molecule has 2 nitrogen and oxygen atoms in total. The van der Waals surface area contributed by atoms with Crippen LogP contribution in [-0.2, 0) is 4.74 Å². The van der Waals surface area contributed by atoms with Gasteiger partial charge in [0.05, 0.1) is 5.69 Å². The summed E-state index contributed by atoms with van der Waals surface area (Å²) in [6.07, 6.45) is 0. The van der Waals surface area contributed by atoms with Gasteiger partial charge in [0.25, 0.3) is 0 Å².